The lowest BCUT2D eigenvalue weighted by atomic mass is 10.0. The number of rotatable bonds is 3. The Bertz CT molecular complexity index is 817. The van der Waals surface area contributed by atoms with Gasteiger partial charge in [-0.3, -0.25) is 4.79 Å². The molecular weight excluding hydrogens is 282 g/mol. The van der Waals surface area contributed by atoms with Gasteiger partial charge in [-0.2, -0.15) is 0 Å². The number of aromatic nitrogens is 1. The van der Waals surface area contributed by atoms with Crippen molar-refractivity contribution >= 4 is 28.3 Å². The molecule has 0 aliphatic carbocycles. The summed E-state index contributed by atoms with van der Waals surface area (Å²) < 4.78 is 2.12. The van der Waals surface area contributed by atoms with Crippen molar-refractivity contribution in [1.82, 2.24) is 4.57 Å². The van der Waals surface area contributed by atoms with E-state index in [0.717, 1.165) is 10.9 Å². The van der Waals surface area contributed by atoms with E-state index in [2.05, 4.69) is 18.4 Å². The summed E-state index contributed by atoms with van der Waals surface area (Å²) in [5.74, 6) is -0.0313. The zero-order valence-corrected chi connectivity index (χ0v) is 12.8. The number of carbonyl (C=O) groups excluding carboxylic acids is 1. The highest BCUT2D eigenvalue weighted by Crippen LogP contribution is 2.28. The SMILES string of the molecule is CC(C)n1cc(C(=O)c2ccccc2Cl)c2ccccc21. The van der Waals surface area contributed by atoms with Gasteiger partial charge in [0.1, 0.15) is 0 Å². The molecule has 2 nitrogen and oxygen atoms in total. The molecule has 3 heteroatoms. The van der Waals surface area contributed by atoms with Crippen LogP contribution in [0.2, 0.25) is 5.02 Å². The van der Waals surface area contributed by atoms with Crippen molar-refractivity contribution in [2.24, 2.45) is 0 Å². The van der Waals surface area contributed by atoms with E-state index in [1.807, 2.05) is 42.6 Å². The van der Waals surface area contributed by atoms with Crippen LogP contribution in [0.1, 0.15) is 35.8 Å². The van der Waals surface area contributed by atoms with E-state index in [0.29, 0.717) is 22.2 Å². The average Bonchev–Trinajstić information content (AvgIpc) is 2.87. The van der Waals surface area contributed by atoms with Gasteiger partial charge in [0.25, 0.3) is 0 Å². The molecule has 3 aromatic rings. The summed E-state index contributed by atoms with van der Waals surface area (Å²) in [6.07, 6.45) is 1.93. The molecular formula is C18H16ClNO. The van der Waals surface area contributed by atoms with Crippen LogP contribution in [-0.4, -0.2) is 10.4 Å². The Kier molecular flexibility index (Phi) is 3.56. The molecule has 0 saturated heterocycles. The Balaban J connectivity index is 2.22. The maximum atomic E-state index is 12.8. The number of ketones is 1. The molecule has 0 aliphatic rings. The van der Waals surface area contributed by atoms with Crippen molar-refractivity contribution in [3.05, 3.63) is 70.9 Å². The third-order valence-corrected chi connectivity index (χ3v) is 3.99. The standard InChI is InChI=1S/C18H16ClNO/c1-12(2)20-11-15(13-7-4-6-10-17(13)20)18(21)14-8-3-5-9-16(14)19/h3-12H,1-2H3. The highest BCUT2D eigenvalue weighted by Gasteiger charge is 2.19. The topological polar surface area (TPSA) is 22.0 Å². The van der Waals surface area contributed by atoms with Crippen molar-refractivity contribution in [3.8, 4) is 0 Å². The fourth-order valence-electron chi connectivity index (χ4n) is 2.60. The lowest BCUT2D eigenvalue weighted by molar-refractivity contribution is 0.104. The second-order valence-corrected chi connectivity index (χ2v) is 5.78. The molecule has 1 heterocycles. The summed E-state index contributed by atoms with van der Waals surface area (Å²) in [5.41, 5.74) is 2.32. The summed E-state index contributed by atoms with van der Waals surface area (Å²) in [6.45, 7) is 4.21. The number of hydrogen-bond donors (Lipinski definition) is 0. The Morgan fingerprint density at radius 1 is 1.00 bits per heavy atom. The van der Waals surface area contributed by atoms with Crippen molar-refractivity contribution in [1.29, 1.82) is 0 Å². The number of nitrogens with zero attached hydrogens (tertiary/aromatic N) is 1. The highest BCUT2D eigenvalue weighted by molar-refractivity contribution is 6.35. The molecule has 0 amide bonds. The molecule has 0 saturated carbocycles. The van der Waals surface area contributed by atoms with Gasteiger partial charge < -0.3 is 4.57 Å². The molecule has 0 aliphatic heterocycles. The van der Waals surface area contributed by atoms with Crippen LogP contribution in [-0.2, 0) is 0 Å². The molecule has 106 valence electrons. The maximum Gasteiger partial charge on any atom is 0.196 e. The van der Waals surface area contributed by atoms with E-state index in [1.165, 1.54) is 0 Å². The largest absolute Gasteiger partial charge is 0.344 e. The van der Waals surface area contributed by atoms with Crippen LogP contribution in [0, 0.1) is 0 Å². The third-order valence-electron chi connectivity index (χ3n) is 3.66. The average molecular weight is 298 g/mol. The molecule has 0 spiro atoms. The molecule has 0 atom stereocenters. The molecule has 0 radical (unpaired) electrons. The van der Waals surface area contributed by atoms with Crippen molar-refractivity contribution in [3.63, 3.8) is 0 Å². The Labute approximate surface area is 129 Å². The van der Waals surface area contributed by atoms with Gasteiger partial charge in [0.2, 0.25) is 0 Å². The van der Waals surface area contributed by atoms with Gasteiger partial charge in [-0.15, -0.1) is 0 Å². The second-order valence-electron chi connectivity index (χ2n) is 5.37. The molecule has 3 rings (SSSR count). The van der Waals surface area contributed by atoms with Crippen molar-refractivity contribution in [2.75, 3.05) is 0 Å². The van der Waals surface area contributed by atoms with Gasteiger partial charge in [0.05, 0.1) is 5.02 Å². The molecule has 0 fully saturated rings. The summed E-state index contributed by atoms with van der Waals surface area (Å²) in [6, 6.07) is 15.4. The summed E-state index contributed by atoms with van der Waals surface area (Å²) in [7, 11) is 0. The van der Waals surface area contributed by atoms with Crippen LogP contribution in [0.3, 0.4) is 0 Å². The lowest BCUT2D eigenvalue weighted by Crippen LogP contribution is -2.02. The molecule has 0 N–H and O–H groups in total. The lowest BCUT2D eigenvalue weighted by Gasteiger charge is -2.08. The number of para-hydroxylation sites is 1. The maximum absolute atomic E-state index is 12.8. The van der Waals surface area contributed by atoms with Crippen LogP contribution in [0.15, 0.2) is 54.7 Å². The summed E-state index contributed by atoms with van der Waals surface area (Å²) in [4.78, 5) is 12.8. The molecule has 0 unspecified atom stereocenters. The summed E-state index contributed by atoms with van der Waals surface area (Å²) in [5, 5.41) is 1.46. The molecule has 1 aromatic heterocycles. The number of fused-ring (bicyclic) bond motifs is 1. The van der Waals surface area contributed by atoms with E-state index < -0.39 is 0 Å². The zero-order chi connectivity index (χ0) is 15.0. The smallest absolute Gasteiger partial charge is 0.196 e. The Morgan fingerprint density at radius 3 is 2.38 bits per heavy atom. The van der Waals surface area contributed by atoms with Crippen LogP contribution in [0.25, 0.3) is 10.9 Å². The number of benzene rings is 2. The van der Waals surface area contributed by atoms with Crippen LogP contribution >= 0.6 is 11.6 Å². The Hall–Kier alpha value is -2.06. The number of carbonyl (C=O) groups is 1. The van der Waals surface area contributed by atoms with E-state index >= 15 is 0 Å². The molecule has 0 bridgehead atoms. The Morgan fingerprint density at radius 2 is 1.67 bits per heavy atom. The minimum atomic E-state index is -0.0313. The van der Waals surface area contributed by atoms with Crippen LogP contribution in [0.5, 0.6) is 0 Å². The predicted molar refractivity (Wildman–Crippen MR) is 87.2 cm³/mol. The van der Waals surface area contributed by atoms with Crippen LogP contribution in [0.4, 0.5) is 0 Å². The minimum Gasteiger partial charge on any atom is -0.344 e. The van der Waals surface area contributed by atoms with Crippen LogP contribution < -0.4 is 0 Å². The van der Waals surface area contributed by atoms with Gasteiger partial charge in [-0.05, 0) is 32.0 Å². The quantitative estimate of drug-likeness (QED) is 0.616. The number of hydrogen-bond acceptors (Lipinski definition) is 1. The van der Waals surface area contributed by atoms with Crippen molar-refractivity contribution < 1.29 is 4.79 Å². The monoisotopic (exact) mass is 297 g/mol. The fourth-order valence-corrected chi connectivity index (χ4v) is 2.82. The second kappa shape index (κ2) is 5.38. The first kappa shape index (κ1) is 13.9. The van der Waals surface area contributed by atoms with Gasteiger partial charge in [-0.25, -0.2) is 0 Å². The first-order valence-electron chi connectivity index (χ1n) is 6.98. The van der Waals surface area contributed by atoms with E-state index in [1.54, 1.807) is 12.1 Å². The van der Waals surface area contributed by atoms with Gasteiger partial charge in [0, 0.05) is 34.3 Å². The fraction of sp³-hybridized carbons (Fsp3) is 0.167. The van der Waals surface area contributed by atoms with E-state index in [4.69, 9.17) is 11.6 Å². The molecule has 2 aromatic carbocycles. The zero-order valence-electron chi connectivity index (χ0n) is 12.0. The van der Waals surface area contributed by atoms with E-state index in [9.17, 15) is 4.79 Å². The normalized spacial score (nSPS) is 11.2. The molecule has 21 heavy (non-hydrogen) atoms. The van der Waals surface area contributed by atoms with Crippen molar-refractivity contribution in [2.45, 2.75) is 19.9 Å². The van der Waals surface area contributed by atoms with Gasteiger partial charge in [0.15, 0.2) is 5.78 Å². The third kappa shape index (κ3) is 2.36. The first-order valence-corrected chi connectivity index (χ1v) is 7.36. The number of halogens is 1. The highest BCUT2D eigenvalue weighted by atomic mass is 35.5. The first-order chi connectivity index (χ1) is 10.1. The summed E-state index contributed by atoms with van der Waals surface area (Å²) >= 11 is 6.16. The minimum absolute atomic E-state index is 0.0313. The predicted octanol–water partition coefficient (Wildman–Crippen LogP) is 5.11. The van der Waals surface area contributed by atoms with E-state index in [-0.39, 0.29) is 5.78 Å². The van der Waals surface area contributed by atoms with Gasteiger partial charge in [-0.1, -0.05) is 41.9 Å². The van der Waals surface area contributed by atoms with Gasteiger partial charge >= 0.3 is 0 Å².